The summed E-state index contributed by atoms with van der Waals surface area (Å²) < 4.78 is 0. The van der Waals surface area contributed by atoms with Gasteiger partial charge in [0.15, 0.2) is 0 Å². The van der Waals surface area contributed by atoms with Gasteiger partial charge in [-0.1, -0.05) is 12.8 Å². The fourth-order valence-corrected chi connectivity index (χ4v) is 2.13. The molecule has 1 saturated carbocycles. The smallest absolute Gasteiger partial charge is 0.239 e. The first-order chi connectivity index (χ1) is 8.59. The predicted octanol–water partition coefficient (Wildman–Crippen LogP) is 1.73. The SMILES string of the molecule is CC(c1ccncc1)N(C)C(=O)C(N)CC1CC1. The molecule has 0 radical (unpaired) electrons. The van der Waals surface area contributed by atoms with Crippen LogP contribution in [0.15, 0.2) is 24.5 Å². The molecule has 4 nitrogen and oxygen atoms in total. The van der Waals surface area contributed by atoms with E-state index in [-0.39, 0.29) is 18.0 Å². The maximum Gasteiger partial charge on any atom is 0.239 e. The van der Waals surface area contributed by atoms with E-state index in [2.05, 4.69) is 4.98 Å². The van der Waals surface area contributed by atoms with Crippen LogP contribution in [-0.2, 0) is 4.79 Å². The molecular formula is C14H21N3O. The van der Waals surface area contributed by atoms with Gasteiger partial charge in [0.05, 0.1) is 12.1 Å². The van der Waals surface area contributed by atoms with Crippen molar-refractivity contribution in [1.29, 1.82) is 0 Å². The zero-order valence-corrected chi connectivity index (χ0v) is 11.0. The lowest BCUT2D eigenvalue weighted by atomic mass is 10.1. The minimum absolute atomic E-state index is 0.0331. The van der Waals surface area contributed by atoms with Crippen LogP contribution < -0.4 is 5.73 Å². The molecule has 2 N–H and O–H groups in total. The summed E-state index contributed by atoms with van der Waals surface area (Å²) in [6.07, 6.45) is 6.77. The first-order valence-electron chi connectivity index (χ1n) is 6.51. The molecule has 2 rings (SSSR count). The van der Waals surface area contributed by atoms with Crippen molar-refractivity contribution in [3.05, 3.63) is 30.1 Å². The topological polar surface area (TPSA) is 59.2 Å². The van der Waals surface area contributed by atoms with Gasteiger partial charge in [0.2, 0.25) is 5.91 Å². The third kappa shape index (κ3) is 3.07. The van der Waals surface area contributed by atoms with Gasteiger partial charge >= 0.3 is 0 Å². The largest absolute Gasteiger partial charge is 0.338 e. The highest BCUT2D eigenvalue weighted by atomic mass is 16.2. The molecule has 0 bridgehead atoms. The van der Waals surface area contributed by atoms with Gasteiger partial charge < -0.3 is 10.6 Å². The summed E-state index contributed by atoms with van der Waals surface area (Å²) in [6, 6.07) is 3.54. The van der Waals surface area contributed by atoms with Crippen LogP contribution in [0.1, 0.15) is 37.8 Å². The molecular weight excluding hydrogens is 226 g/mol. The lowest BCUT2D eigenvalue weighted by molar-refractivity contribution is -0.133. The Labute approximate surface area is 108 Å². The molecule has 1 aromatic rings. The van der Waals surface area contributed by atoms with Crippen molar-refractivity contribution in [2.45, 2.75) is 38.3 Å². The maximum absolute atomic E-state index is 12.2. The predicted molar refractivity (Wildman–Crippen MR) is 70.7 cm³/mol. The number of nitrogens with zero attached hydrogens (tertiary/aromatic N) is 2. The highest BCUT2D eigenvalue weighted by Gasteiger charge is 2.29. The molecule has 18 heavy (non-hydrogen) atoms. The summed E-state index contributed by atoms with van der Waals surface area (Å²) in [6.45, 7) is 2.01. The highest BCUT2D eigenvalue weighted by Crippen LogP contribution is 2.33. The summed E-state index contributed by atoms with van der Waals surface area (Å²) >= 11 is 0. The number of hydrogen-bond acceptors (Lipinski definition) is 3. The van der Waals surface area contributed by atoms with Gasteiger partial charge in [-0.15, -0.1) is 0 Å². The van der Waals surface area contributed by atoms with E-state index in [0.717, 1.165) is 12.0 Å². The zero-order valence-electron chi connectivity index (χ0n) is 11.0. The molecule has 0 saturated heterocycles. The van der Waals surface area contributed by atoms with E-state index < -0.39 is 0 Å². The number of nitrogens with two attached hydrogens (primary N) is 1. The van der Waals surface area contributed by atoms with E-state index in [4.69, 9.17) is 5.73 Å². The summed E-state index contributed by atoms with van der Waals surface area (Å²) in [5.41, 5.74) is 7.05. The van der Waals surface area contributed by atoms with E-state index in [9.17, 15) is 4.79 Å². The van der Waals surface area contributed by atoms with Crippen molar-refractivity contribution in [1.82, 2.24) is 9.88 Å². The standard InChI is InChI=1S/C14H21N3O/c1-10(12-5-7-16-8-6-12)17(2)14(18)13(15)9-11-3-4-11/h5-8,10-11,13H,3-4,9,15H2,1-2H3. The van der Waals surface area contributed by atoms with Crippen LogP contribution in [-0.4, -0.2) is 28.9 Å². The molecule has 2 atom stereocenters. The van der Waals surface area contributed by atoms with Gasteiger partial charge in [-0.2, -0.15) is 0 Å². The van der Waals surface area contributed by atoms with E-state index >= 15 is 0 Å². The average molecular weight is 247 g/mol. The van der Waals surface area contributed by atoms with Crippen molar-refractivity contribution < 1.29 is 4.79 Å². The Hall–Kier alpha value is -1.42. The number of hydrogen-bond donors (Lipinski definition) is 1. The molecule has 0 aliphatic heterocycles. The van der Waals surface area contributed by atoms with Gasteiger partial charge in [-0.3, -0.25) is 9.78 Å². The van der Waals surface area contributed by atoms with Crippen LogP contribution in [0.5, 0.6) is 0 Å². The maximum atomic E-state index is 12.2. The van der Waals surface area contributed by atoms with Crippen molar-refractivity contribution in [3.63, 3.8) is 0 Å². The van der Waals surface area contributed by atoms with Crippen LogP contribution in [0.4, 0.5) is 0 Å². The Kier molecular flexibility index (Phi) is 3.97. The minimum atomic E-state index is -0.355. The molecule has 0 aromatic carbocycles. The van der Waals surface area contributed by atoms with Crippen LogP contribution >= 0.6 is 0 Å². The van der Waals surface area contributed by atoms with Gasteiger partial charge in [0.25, 0.3) is 0 Å². The van der Waals surface area contributed by atoms with Crippen molar-refractivity contribution >= 4 is 5.91 Å². The van der Waals surface area contributed by atoms with Crippen LogP contribution in [0.2, 0.25) is 0 Å². The molecule has 98 valence electrons. The van der Waals surface area contributed by atoms with E-state index in [1.807, 2.05) is 26.1 Å². The average Bonchev–Trinajstić information content (AvgIpc) is 3.21. The van der Waals surface area contributed by atoms with Crippen LogP contribution in [0, 0.1) is 5.92 Å². The monoisotopic (exact) mass is 247 g/mol. The molecule has 1 amide bonds. The molecule has 4 heteroatoms. The number of aromatic nitrogens is 1. The molecule has 1 aromatic heterocycles. The molecule has 1 aliphatic carbocycles. The lowest BCUT2D eigenvalue weighted by Crippen LogP contribution is -2.43. The number of rotatable bonds is 5. The summed E-state index contributed by atoms with van der Waals surface area (Å²) in [7, 11) is 1.82. The Morgan fingerprint density at radius 3 is 2.67 bits per heavy atom. The highest BCUT2D eigenvalue weighted by molar-refractivity contribution is 5.81. The quantitative estimate of drug-likeness (QED) is 0.862. The first-order valence-corrected chi connectivity index (χ1v) is 6.51. The fourth-order valence-electron chi connectivity index (χ4n) is 2.13. The molecule has 1 fully saturated rings. The second-order valence-electron chi connectivity index (χ2n) is 5.19. The minimum Gasteiger partial charge on any atom is -0.338 e. The summed E-state index contributed by atoms with van der Waals surface area (Å²) in [5, 5.41) is 0. The van der Waals surface area contributed by atoms with E-state index in [0.29, 0.717) is 5.92 Å². The summed E-state index contributed by atoms with van der Waals surface area (Å²) in [4.78, 5) is 17.9. The Morgan fingerprint density at radius 2 is 2.11 bits per heavy atom. The van der Waals surface area contributed by atoms with Gasteiger partial charge in [-0.25, -0.2) is 0 Å². The Morgan fingerprint density at radius 1 is 1.50 bits per heavy atom. The Bertz CT molecular complexity index is 403. The first kappa shape index (κ1) is 13.0. The van der Waals surface area contributed by atoms with E-state index in [1.54, 1.807) is 17.3 Å². The molecule has 1 heterocycles. The number of carbonyl (C=O) groups excluding carboxylic acids is 1. The summed E-state index contributed by atoms with van der Waals surface area (Å²) in [5.74, 6) is 0.708. The third-order valence-electron chi connectivity index (χ3n) is 3.72. The number of carbonyl (C=O) groups is 1. The van der Waals surface area contributed by atoms with Crippen molar-refractivity contribution in [2.75, 3.05) is 7.05 Å². The number of likely N-dealkylation sites (N-methyl/N-ethyl adjacent to an activating group) is 1. The third-order valence-corrected chi connectivity index (χ3v) is 3.72. The van der Waals surface area contributed by atoms with Crippen LogP contribution in [0.25, 0.3) is 0 Å². The van der Waals surface area contributed by atoms with Crippen molar-refractivity contribution in [3.8, 4) is 0 Å². The van der Waals surface area contributed by atoms with Crippen molar-refractivity contribution in [2.24, 2.45) is 11.7 Å². The normalized spacial score (nSPS) is 18.2. The van der Waals surface area contributed by atoms with Gasteiger partial charge in [-0.05, 0) is 37.0 Å². The van der Waals surface area contributed by atoms with E-state index in [1.165, 1.54) is 12.8 Å². The van der Waals surface area contributed by atoms with Gasteiger partial charge in [0, 0.05) is 19.4 Å². The van der Waals surface area contributed by atoms with Gasteiger partial charge in [0.1, 0.15) is 0 Å². The molecule has 2 unspecified atom stereocenters. The zero-order chi connectivity index (χ0) is 13.1. The Balaban J connectivity index is 1.96. The molecule has 0 spiro atoms. The van der Waals surface area contributed by atoms with Crippen LogP contribution in [0.3, 0.4) is 0 Å². The second kappa shape index (κ2) is 5.48. The lowest BCUT2D eigenvalue weighted by Gasteiger charge is -2.27. The number of amides is 1. The number of pyridine rings is 1. The fraction of sp³-hybridized carbons (Fsp3) is 0.571. The second-order valence-corrected chi connectivity index (χ2v) is 5.19. The molecule has 1 aliphatic rings.